The highest BCUT2D eigenvalue weighted by atomic mass is 35.5. The zero-order valence-corrected chi connectivity index (χ0v) is 18.0. The van der Waals surface area contributed by atoms with E-state index in [4.69, 9.17) is 16.0 Å². The van der Waals surface area contributed by atoms with Crippen LogP contribution >= 0.6 is 11.6 Å². The van der Waals surface area contributed by atoms with Crippen LogP contribution in [0.3, 0.4) is 0 Å². The van der Waals surface area contributed by atoms with Gasteiger partial charge in [0.2, 0.25) is 11.8 Å². The third kappa shape index (κ3) is 6.36. The molecule has 2 amide bonds. The smallest absolute Gasteiger partial charge is 0.417 e. The molecule has 1 unspecified atom stereocenters. The second-order valence-electron chi connectivity index (χ2n) is 7.19. The van der Waals surface area contributed by atoms with Crippen molar-refractivity contribution in [3.63, 3.8) is 0 Å². The summed E-state index contributed by atoms with van der Waals surface area (Å²) in [5.74, 6) is -1.60. The molecule has 1 aliphatic rings. The largest absolute Gasteiger partial charge is 0.467 e. The number of sulfone groups is 1. The minimum Gasteiger partial charge on any atom is -0.467 e. The summed E-state index contributed by atoms with van der Waals surface area (Å²) in [5, 5.41) is 2.86. The second-order valence-corrected chi connectivity index (χ2v) is 9.53. The van der Waals surface area contributed by atoms with Crippen LogP contribution in [0.2, 0.25) is 5.02 Å². The molecule has 1 atom stereocenters. The summed E-state index contributed by atoms with van der Waals surface area (Å²) in [7, 11) is -3.35. The summed E-state index contributed by atoms with van der Waals surface area (Å²) in [6, 6.07) is 6.11. The van der Waals surface area contributed by atoms with Gasteiger partial charge in [0.05, 0.1) is 29.1 Å². The van der Waals surface area contributed by atoms with Gasteiger partial charge < -0.3 is 14.6 Å². The molecule has 3 rings (SSSR count). The Morgan fingerprint density at radius 3 is 2.59 bits per heavy atom. The van der Waals surface area contributed by atoms with Gasteiger partial charge in [0.15, 0.2) is 9.84 Å². The molecule has 1 aliphatic heterocycles. The lowest BCUT2D eigenvalue weighted by molar-refractivity contribution is -0.137. The van der Waals surface area contributed by atoms with E-state index in [-0.39, 0.29) is 24.4 Å². The Bertz CT molecular complexity index is 1130. The second kappa shape index (κ2) is 9.37. The van der Waals surface area contributed by atoms with E-state index in [1.807, 2.05) is 0 Å². The van der Waals surface area contributed by atoms with E-state index in [0.717, 1.165) is 16.4 Å². The molecular formula is C20H18ClF3N2O5S. The Hall–Kier alpha value is -2.79. The van der Waals surface area contributed by atoms with Crippen molar-refractivity contribution < 1.29 is 35.6 Å². The summed E-state index contributed by atoms with van der Waals surface area (Å²) in [6.45, 7) is -0.552. The Labute approximate surface area is 186 Å². The average molecular weight is 491 g/mol. The molecule has 1 aromatic carbocycles. The highest BCUT2D eigenvalue weighted by Gasteiger charge is 2.33. The van der Waals surface area contributed by atoms with Crippen LogP contribution in [-0.4, -0.2) is 37.4 Å². The van der Waals surface area contributed by atoms with E-state index < -0.39 is 50.9 Å². The molecule has 0 fully saturated rings. The van der Waals surface area contributed by atoms with Gasteiger partial charge in [-0.25, -0.2) is 8.42 Å². The van der Waals surface area contributed by atoms with E-state index in [9.17, 15) is 31.2 Å². The van der Waals surface area contributed by atoms with Crippen molar-refractivity contribution in [2.24, 2.45) is 5.92 Å². The minimum atomic E-state index is -4.70. The number of hydrogen-bond acceptors (Lipinski definition) is 5. The Morgan fingerprint density at radius 2 is 2.00 bits per heavy atom. The normalized spacial score (nSPS) is 17.3. The lowest BCUT2D eigenvalue weighted by atomic mass is 10.1. The average Bonchev–Trinajstić information content (AvgIpc) is 3.31. The maximum Gasteiger partial charge on any atom is 0.417 e. The lowest BCUT2D eigenvalue weighted by Crippen LogP contribution is -2.38. The SMILES string of the molecule is O=C(CN(Cc1ccco1)C(=O)CC1C=CS(=O)(=O)C1)Nc1ccc(Cl)c(C(F)(F)F)c1. The van der Waals surface area contributed by atoms with Gasteiger partial charge in [0.25, 0.3) is 0 Å². The molecule has 32 heavy (non-hydrogen) atoms. The topological polar surface area (TPSA) is 96.7 Å². The molecule has 0 bridgehead atoms. The molecule has 1 N–H and O–H groups in total. The first-order valence-electron chi connectivity index (χ1n) is 9.30. The van der Waals surface area contributed by atoms with Crippen LogP contribution in [-0.2, 0) is 32.1 Å². The van der Waals surface area contributed by atoms with E-state index in [1.165, 1.54) is 18.4 Å². The molecule has 7 nitrogen and oxygen atoms in total. The van der Waals surface area contributed by atoms with Gasteiger partial charge in [0.1, 0.15) is 12.3 Å². The van der Waals surface area contributed by atoms with E-state index >= 15 is 0 Å². The van der Waals surface area contributed by atoms with Gasteiger partial charge >= 0.3 is 6.18 Å². The van der Waals surface area contributed by atoms with Crippen LogP contribution in [0.1, 0.15) is 17.7 Å². The van der Waals surface area contributed by atoms with E-state index in [1.54, 1.807) is 12.1 Å². The van der Waals surface area contributed by atoms with Crippen molar-refractivity contribution >= 4 is 38.9 Å². The standard InChI is InChI=1S/C20H18ClF3N2O5S/c21-17-4-3-14(9-16(17)20(22,23)24)25-18(27)11-26(10-15-2-1-6-31-15)19(28)8-13-5-7-32(29,30)12-13/h1-7,9,13H,8,10-12H2,(H,25,27). The maximum atomic E-state index is 13.0. The fourth-order valence-electron chi connectivity index (χ4n) is 3.14. The van der Waals surface area contributed by atoms with Crippen LogP contribution in [0.4, 0.5) is 18.9 Å². The number of carbonyl (C=O) groups excluding carboxylic acids is 2. The van der Waals surface area contributed by atoms with Gasteiger partial charge in [0, 0.05) is 23.4 Å². The number of nitrogens with one attached hydrogen (secondary N) is 1. The van der Waals surface area contributed by atoms with Crippen molar-refractivity contribution in [1.29, 1.82) is 0 Å². The number of halogens is 4. The number of amides is 2. The van der Waals surface area contributed by atoms with Gasteiger partial charge in [-0.2, -0.15) is 13.2 Å². The monoisotopic (exact) mass is 490 g/mol. The summed E-state index contributed by atoms with van der Waals surface area (Å²) >= 11 is 5.58. The number of nitrogens with zero attached hydrogens (tertiary/aromatic N) is 1. The molecule has 12 heteroatoms. The van der Waals surface area contributed by atoms with Gasteiger partial charge in [-0.3, -0.25) is 9.59 Å². The Morgan fingerprint density at radius 1 is 1.25 bits per heavy atom. The van der Waals surface area contributed by atoms with Gasteiger partial charge in [-0.05, 0) is 30.3 Å². The van der Waals surface area contributed by atoms with E-state index in [2.05, 4.69) is 5.32 Å². The number of rotatable bonds is 7. The molecule has 0 aliphatic carbocycles. The third-order valence-electron chi connectivity index (χ3n) is 4.61. The molecule has 172 valence electrons. The number of benzene rings is 1. The predicted molar refractivity (Wildman–Crippen MR) is 110 cm³/mol. The minimum absolute atomic E-state index is 0.0726. The first-order valence-corrected chi connectivity index (χ1v) is 11.4. The summed E-state index contributed by atoms with van der Waals surface area (Å²) in [5.41, 5.74) is -1.24. The number of furan rings is 1. The number of hydrogen-bond donors (Lipinski definition) is 1. The van der Waals surface area contributed by atoms with Gasteiger partial charge in [-0.15, -0.1) is 0 Å². The molecule has 2 heterocycles. The molecule has 0 saturated heterocycles. The fourth-order valence-corrected chi connectivity index (χ4v) is 4.76. The Balaban J connectivity index is 1.71. The number of anilines is 1. The van der Waals surface area contributed by atoms with Crippen molar-refractivity contribution in [2.45, 2.75) is 19.1 Å². The molecule has 0 saturated carbocycles. The highest BCUT2D eigenvalue weighted by molar-refractivity contribution is 7.94. The van der Waals surface area contributed by atoms with Gasteiger partial charge in [-0.1, -0.05) is 17.7 Å². The third-order valence-corrected chi connectivity index (χ3v) is 6.40. The van der Waals surface area contributed by atoms with Crippen LogP contribution in [0.15, 0.2) is 52.5 Å². The molecule has 1 aromatic heterocycles. The van der Waals surface area contributed by atoms with Crippen molar-refractivity contribution in [2.75, 3.05) is 17.6 Å². The number of carbonyl (C=O) groups is 2. The molecular weight excluding hydrogens is 473 g/mol. The maximum absolute atomic E-state index is 13.0. The lowest BCUT2D eigenvalue weighted by Gasteiger charge is -2.22. The van der Waals surface area contributed by atoms with Crippen molar-refractivity contribution in [3.05, 3.63) is 64.4 Å². The zero-order valence-electron chi connectivity index (χ0n) is 16.4. The fraction of sp³-hybridized carbons (Fsp3) is 0.300. The number of alkyl halides is 3. The predicted octanol–water partition coefficient (Wildman–Crippen LogP) is 3.87. The van der Waals surface area contributed by atoms with Crippen LogP contribution < -0.4 is 5.32 Å². The summed E-state index contributed by atoms with van der Waals surface area (Å²) in [6.07, 6.45) is -2.04. The van der Waals surface area contributed by atoms with Crippen molar-refractivity contribution in [3.8, 4) is 0 Å². The highest BCUT2D eigenvalue weighted by Crippen LogP contribution is 2.36. The van der Waals surface area contributed by atoms with Crippen LogP contribution in [0.25, 0.3) is 0 Å². The van der Waals surface area contributed by atoms with E-state index in [0.29, 0.717) is 11.8 Å². The zero-order chi connectivity index (χ0) is 23.5. The Kier molecular flexibility index (Phi) is 6.99. The van der Waals surface area contributed by atoms with Crippen LogP contribution in [0, 0.1) is 5.92 Å². The molecule has 0 radical (unpaired) electrons. The molecule has 0 spiro atoms. The van der Waals surface area contributed by atoms with Crippen molar-refractivity contribution in [1.82, 2.24) is 4.90 Å². The molecule has 2 aromatic rings. The van der Waals surface area contributed by atoms with Crippen LogP contribution in [0.5, 0.6) is 0 Å². The first kappa shape index (κ1) is 23.9. The summed E-state index contributed by atoms with van der Waals surface area (Å²) < 4.78 is 67.5. The number of allylic oxidation sites excluding steroid dienone is 1. The summed E-state index contributed by atoms with van der Waals surface area (Å²) in [4.78, 5) is 26.4. The quantitative estimate of drug-likeness (QED) is 0.635. The first-order chi connectivity index (χ1) is 14.9.